The molecule has 1 aromatic heterocycles. The largest absolute Gasteiger partial charge is 0.377 e. The molecule has 2 heterocycles. The van der Waals surface area contributed by atoms with Gasteiger partial charge in [0.05, 0.1) is 12.6 Å². The molecule has 3 unspecified atom stereocenters. The summed E-state index contributed by atoms with van der Waals surface area (Å²) in [5, 5.41) is 17.7. The minimum Gasteiger partial charge on any atom is -0.377 e. The average Bonchev–Trinajstić information content (AvgIpc) is 3.14. The number of guanidine groups is 1. The number of nitrogens with zero attached hydrogens (tertiary/aromatic N) is 3. The van der Waals surface area contributed by atoms with Crippen molar-refractivity contribution in [3.05, 3.63) is 10.0 Å². The molecule has 0 aromatic carbocycles. The number of aromatic nitrogens is 2. The van der Waals surface area contributed by atoms with Crippen LogP contribution in [0.3, 0.4) is 0 Å². The summed E-state index contributed by atoms with van der Waals surface area (Å²) in [6, 6.07) is 0.505. The van der Waals surface area contributed by atoms with E-state index in [0.29, 0.717) is 35.9 Å². The van der Waals surface area contributed by atoms with Crippen LogP contribution in [0.5, 0.6) is 0 Å². The highest BCUT2D eigenvalue weighted by Gasteiger charge is 2.66. The van der Waals surface area contributed by atoms with Gasteiger partial charge >= 0.3 is 0 Å². The lowest BCUT2D eigenvalue weighted by Crippen LogP contribution is -2.72. The van der Waals surface area contributed by atoms with Crippen LogP contribution in [-0.4, -0.2) is 42.0 Å². The molecule has 0 amide bonds. The average molecular weight is 350 g/mol. The lowest BCUT2D eigenvalue weighted by Gasteiger charge is -2.63. The van der Waals surface area contributed by atoms with Crippen molar-refractivity contribution in [2.24, 2.45) is 16.3 Å². The van der Waals surface area contributed by atoms with Gasteiger partial charge in [-0.2, -0.15) is 0 Å². The first-order valence-corrected chi connectivity index (χ1v) is 9.87. The molecule has 1 saturated heterocycles. The lowest BCUT2D eigenvalue weighted by atomic mass is 9.46. The number of nitrogens with one attached hydrogen (secondary N) is 2. The Hall–Kier alpha value is -1.21. The van der Waals surface area contributed by atoms with E-state index in [9.17, 15) is 0 Å². The van der Waals surface area contributed by atoms with Gasteiger partial charge in [-0.25, -0.2) is 0 Å². The van der Waals surface area contributed by atoms with Crippen molar-refractivity contribution in [1.29, 1.82) is 0 Å². The summed E-state index contributed by atoms with van der Waals surface area (Å²) in [7, 11) is 1.84. The molecule has 6 nitrogen and oxygen atoms in total. The van der Waals surface area contributed by atoms with Gasteiger partial charge < -0.3 is 15.4 Å². The molecule has 3 fully saturated rings. The molecule has 132 valence electrons. The second-order valence-corrected chi connectivity index (χ2v) is 8.66. The fraction of sp³-hybridized carbons (Fsp3) is 0.824. The first-order chi connectivity index (χ1) is 11.6. The molecule has 4 rings (SSSR count). The van der Waals surface area contributed by atoms with E-state index >= 15 is 0 Å². The Morgan fingerprint density at radius 1 is 1.42 bits per heavy atom. The molecule has 1 aromatic rings. The molecule has 0 bridgehead atoms. The third-order valence-electron chi connectivity index (χ3n) is 5.94. The number of ether oxygens (including phenoxy) is 1. The third kappa shape index (κ3) is 2.52. The normalized spacial score (nSPS) is 30.8. The minimum atomic E-state index is 0.367. The van der Waals surface area contributed by atoms with E-state index in [-0.39, 0.29) is 0 Å². The van der Waals surface area contributed by atoms with E-state index in [1.165, 1.54) is 25.7 Å². The van der Waals surface area contributed by atoms with E-state index in [1.807, 2.05) is 7.05 Å². The van der Waals surface area contributed by atoms with Crippen LogP contribution in [0.1, 0.15) is 55.5 Å². The summed E-state index contributed by atoms with van der Waals surface area (Å²) >= 11 is 1.68. The monoisotopic (exact) mass is 349 g/mol. The summed E-state index contributed by atoms with van der Waals surface area (Å²) in [5.74, 6) is 1.96. The minimum absolute atomic E-state index is 0.367. The zero-order valence-electron chi connectivity index (χ0n) is 14.7. The van der Waals surface area contributed by atoms with Crippen LogP contribution in [0.25, 0.3) is 0 Å². The van der Waals surface area contributed by atoms with E-state index in [2.05, 4.69) is 39.7 Å². The van der Waals surface area contributed by atoms with Crippen molar-refractivity contribution in [2.45, 2.75) is 64.1 Å². The van der Waals surface area contributed by atoms with Gasteiger partial charge in [-0.15, -0.1) is 10.2 Å². The summed E-state index contributed by atoms with van der Waals surface area (Å²) < 4.78 is 5.99. The highest BCUT2D eigenvalue weighted by molar-refractivity contribution is 7.11. The van der Waals surface area contributed by atoms with Crippen LogP contribution in [0.15, 0.2) is 4.99 Å². The van der Waals surface area contributed by atoms with Crippen LogP contribution in [0.2, 0.25) is 0 Å². The first kappa shape index (κ1) is 16.3. The van der Waals surface area contributed by atoms with Gasteiger partial charge in [0.2, 0.25) is 0 Å². The SMILES string of the molecule is CN=C(NCc1nnc(C(C)C)s1)NC1C2CCOC2C12CCC2. The Bertz CT molecular complexity index is 624. The van der Waals surface area contributed by atoms with Crippen molar-refractivity contribution in [2.75, 3.05) is 13.7 Å². The molecule has 0 radical (unpaired) electrons. The van der Waals surface area contributed by atoms with Crippen molar-refractivity contribution in [3.63, 3.8) is 0 Å². The first-order valence-electron chi connectivity index (χ1n) is 9.05. The molecule has 7 heteroatoms. The van der Waals surface area contributed by atoms with Crippen molar-refractivity contribution in [3.8, 4) is 0 Å². The van der Waals surface area contributed by atoms with E-state index < -0.39 is 0 Å². The Kier molecular flexibility index (Phi) is 4.24. The Morgan fingerprint density at radius 3 is 2.88 bits per heavy atom. The Morgan fingerprint density at radius 2 is 2.25 bits per heavy atom. The molecule has 2 saturated carbocycles. The molecule has 3 atom stereocenters. The number of hydrogen-bond acceptors (Lipinski definition) is 5. The zero-order chi connectivity index (χ0) is 16.7. The van der Waals surface area contributed by atoms with Crippen molar-refractivity contribution < 1.29 is 4.74 Å². The van der Waals surface area contributed by atoms with Gasteiger partial charge in [0, 0.05) is 36.9 Å². The summed E-state index contributed by atoms with van der Waals surface area (Å²) in [5.41, 5.74) is 0.367. The quantitative estimate of drug-likeness (QED) is 0.645. The van der Waals surface area contributed by atoms with E-state index in [0.717, 1.165) is 22.6 Å². The lowest BCUT2D eigenvalue weighted by molar-refractivity contribution is -0.171. The Balaban J connectivity index is 1.36. The van der Waals surface area contributed by atoms with Gasteiger partial charge in [0.25, 0.3) is 0 Å². The van der Waals surface area contributed by atoms with E-state index in [4.69, 9.17) is 4.74 Å². The van der Waals surface area contributed by atoms with Gasteiger partial charge in [-0.3, -0.25) is 4.99 Å². The highest BCUT2D eigenvalue weighted by atomic mass is 32.1. The molecular formula is C17H27N5OS. The topological polar surface area (TPSA) is 71.4 Å². The summed E-state index contributed by atoms with van der Waals surface area (Å²) in [6.07, 6.45) is 5.57. The molecule has 2 N–H and O–H groups in total. The maximum atomic E-state index is 5.99. The summed E-state index contributed by atoms with van der Waals surface area (Å²) in [4.78, 5) is 4.42. The van der Waals surface area contributed by atoms with E-state index in [1.54, 1.807) is 11.3 Å². The predicted molar refractivity (Wildman–Crippen MR) is 95.3 cm³/mol. The molecule has 24 heavy (non-hydrogen) atoms. The predicted octanol–water partition coefficient (Wildman–Crippen LogP) is 2.28. The maximum Gasteiger partial charge on any atom is 0.191 e. The van der Waals surface area contributed by atoms with Crippen LogP contribution in [-0.2, 0) is 11.3 Å². The van der Waals surface area contributed by atoms with Gasteiger partial charge in [-0.05, 0) is 19.3 Å². The van der Waals surface area contributed by atoms with Crippen LogP contribution >= 0.6 is 11.3 Å². The van der Waals surface area contributed by atoms with Crippen LogP contribution in [0.4, 0.5) is 0 Å². The van der Waals surface area contributed by atoms with Gasteiger partial charge in [0.1, 0.15) is 10.0 Å². The highest BCUT2D eigenvalue weighted by Crippen LogP contribution is 2.62. The second-order valence-electron chi connectivity index (χ2n) is 7.57. The number of aliphatic imine (C=N–C) groups is 1. The molecular weight excluding hydrogens is 322 g/mol. The van der Waals surface area contributed by atoms with Crippen molar-refractivity contribution >= 4 is 17.3 Å². The molecule has 1 spiro atoms. The maximum absolute atomic E-state index is 5.99. The standard InChI is InChI=1S/C17H27N5OS/c1-10(2)15-22-21-12(24-15)9-19-16(18-3)20-13-11-5-8-23-14(11)17(13)6-4-7-17/h10-11,13-14H,4-9H2,1-3H3,(H2,18,19,20). The number of hydrogen-bond donors (Lipinski definition) is 2. The second kappa shape index (κ2) is 6.26. The molecule has 2 aliphatic carbocycles. The fourth-order valence-corrected chi connectivity index (χ4v) is 5.31. The number of fused-ring (bicyclic) bond motifs is 2. The smallest absolute Gasteiger partial charge is 0.191 e. The zero-order valence-corrected chi connectivity index (χ0v) is 15.5. The fourth-order valence-electron chi connectivity index (χ4n) is 4.53. The number of rotatable bonds is 4. The van der Waals surface area contributed by atoms with Crippen LogP contribution in [0, 0.1) is 11.3 Å². The summed E-state index contributed by atoms with van der Waals surface area (Å²) in [6.45, 7) is 5.89. The van der Waals surface area contributed by atoms with Gasteiger partial charge in [0.15, 0.2) is 5.96 Å². The molecule has 1 aliphatic heterocycles. The van der Waals surface area contributed by atoms with Crippen LogP contribution < -0.4 is 10.6 Å². The Labute approximate surface area is 147 Å². The third-order valence-corrected chi connectivity index (χ3v) is 7.16. The van der Waals surface area contributed by atoms with Crippen molar-refractivity contribution in [1.82, 2.24) is 20.8 Å². The molecule has 3 aliphatic rings. The van der Waals surface area contributed by atoms with Gasteiger partial charge in [-0.1, -0.05) is 31.6 Å².